The van der Waals surface area contributed by atoms with Gasteiger partial charge in [-0.15, -0.1) is 0 Å². The molecule has 3 aromatic carbocycles. The molecule has 3 rings (SSSR count). The van der Waals surface area contributed by atoms with Crippen LogP contribution in [0.3, 0.4) is 0 Å². The highest BCUT2D eigenvalue weighted by atomic mass is 127. The van der Waals surface area contributed by atoms with Crippen molar-refractivity contribution in [3.63, 3.8) is 0 Å². The molecule has 27 heavy (non-hydrogen) atoms. The van der Waals surface area contributed by atoms with Crippen LogP contribution in [0, 0.1) is 13.7 Å². The number of halogens is 1. The predicted molar refractivity (Wildman–Crippen MR) is 115 cm³/mol. The van der Waals surface area contributed by atoms with Gasteiger partial charge in [0.1, 0.15) is 6.61 Å². The molecule has 5 nitrogen and oxygen atoms in total. The summed E-state index contributed by atoms with van der Waals surface area (Å²) in [6.07, 6.45) is 2.36. The highest BCUT2D eigenvalue weighted by molar-refractivity contribution is 14.1. The van der Waals surface area contributed by atoms with Crippen LogP contribution >= 0.6 is 22.6 Å². The summed E-state index contributed by atoms with van der Waals surface area (Å²) in [7, 11) is 0. The lowest BCUT2D eigenvalue weighted by molar-refractivity contribution is -0.400. The molecule has 0 heterocycles. The van der Waals surface area contributed by atoms with Crippen LogP contribution in [0.5, 0.6) is 11.5 Å². The van der Waals surface area contributed by atoms with E-state index in [0.29, 0.717) is 30.3 Å². The van der Waals surface area contributed by atoms with Crippen LogP contribution in [-0.2, 0) is 6.61 Å². The Morgan fingerprint density at radius 2 is 1.85 bits per heavy atom. The van der Waals surface area contributed by atoms with Gasteiger partial charge in [-0.2, -0.15) is 0 Å². The highest BCUT2D eigenvalue weighted by Gasteiger charge is 2.12. The normalized spacial score (nSPS) is 11.0. The zero-order valence-electron chi connectivity index (χ0n) is 14.7. The summed E-state index contributed by atoms with van der Waals surface area (Å²) in [6, 6.07) is 18.0. The molecule has 0 aliphatic rings. The summed E-state index contributed by atoms with van der Waals surface area (Å²) in [5.74, 6) is 1.22. The molecule has 0 saturated heterocycles. The van der Waals surface area contributed by atoms with Crippen LogP contribution in [0.15, 0.2) is 60.8 Å². The molecule has 0 N–H and O–H groups in total. The second-order valence-corrected chi connectivity index (χ2v) is 7.00. The fourth-order valence-electron chi connectivity index (χ4n) is 2.72. The number of nitrogens with zero attached hydrogens (tertiary/aromatic N) is 1. The van der Waals surface area contributed by atoms with Gasteiger partial charge in [-0.25, -0.2) is 0 Å². The van der Waals surface area contributed by atoms with E-state index in [-0.39, 0.29) is 0 Å². The zero-order chi connectivity index (χ0) is 19.2. The van der Waals surface area contributed by atoms with Gasteiger partial charge in [-0.3, -0.25) is 10.1 Å². The van der Waals surface area contributed by atoms with Crippen LogP contribution in [0.1, 0.15) is 18.1 Å². The van der Waals surface area contributed by atoms with Gasteiger partial charge >= 0.3 is 0 Å². The van der Waals surface area contributed by atoms with E-state index in [0.717, 1.165) is 15.3 Å². The summed E-state index contributed by atoms with van der Waals surface area (Å²) in [4.78, 5) is 10.1. The molecular formula is C21H18INO4. The molecule has 0 unspecified atom stereocenters. The van der Waals surface area contributed by atoms with Crippen molar-refractivity contribution >= 4 is 39.4 Å². The van der Waals surface area contributed by atoms with Crippen LogP contribution in [-0.4, -0.2) is 11.5 Å². The Morgan fingerprint density at radius 1 is 1.07 bits per heavy atom. The Kier molecular flexibility index (Phi) is 6.28. The number of nitro groups is 1. The third kappa shape index (κ3) is 4.97. The molecule has 0 spiro atoms. The second-order valence-electron chi connectivity index (χ2n) is 5.83. The van der Waals surface area contributed by atoms with Crippen LogP contribution in [0.25, 0.3) is 16.8 Å². The predicted octanol–water partition coefficient (Wildman–Crippen LogP) is 5.67. The van der Waals surface area contributed by atoms with Crippen LogP contribution < -0.4 is 9.47 Å². The number of rotatable bonds is 7. The zero-order valence-corrected chi connectivity index (χ0v) is 16.9. The molecule has 3 aromatic rings. The Balaban J connectivity index is 1.84. The first kappa shape index (κ1) is 19.2. The Hall–Kier alpha value is -2.61. The summed E-state index contributed by atoms with van der Waals surface area (Å²) in [5.41, 5.74) is 1.75. The van der Waals surface area contributed by atoms with Crippen molar-refractivity contribution in [3.05, 3.63) is 85.6 Å². The van der Waals surface area contributed by atoms with Gasteiger partial charge in [-0.05, 0) is 69.6 Å². The topological polar surface area (TPSA) is 61.6 Å². The van der Waals surface area contributed by atoms with Crippen molar-refractivity contribution in [2.45, 2.75) is 13.5 Å². The highest BCUT2D eigenvalue weighted by Crippen LogP contribution is 2.35. The van der Waals surface area contributed by atoms with Crippen molar-refractivity contribution in [2.24, 2.45) is 0 Å². The molecule has 0 fully saturated rings. The maximum Gasteiger partial charge on any atom is 0.235 e. The van der Waals surface area contributed by atoms with Crippen molar-refractivity contribution < 1.29 is 14.4 Å². The van der Waals surface area contributed by atoms with E-state index in [4.69, 9.17) is 9.47 Å². The van der Waals surface area contributed by atoms with E-state index in [2.05, 4.69) is 46.9 Å². The van der Waals surface area contributed by atoms with Crippen molar-refractivity contribution in [3.8, 4) is 11.5 Å². The molecule has 6 heteroatoms. The fraction of sp³-hybridized carbons (Fsp3) is 0.143. The maximum atomic E-state index is 10.5. The number of hydrogen-bond acceptors (Lipinski definition) is 4. The third-order valence-electron chi connectivity index (χ3n) is 3.92. The van der Waals surface area contributed by atoms with E-state index in [1.165, 1.54) is 16.8 Å². The molecule has 0 aromatic heterocycles. The minimum Gasteiger partial charge on any atom is -0.490 e. The molecular weight excluding hydrogens is 457 g/mol. The first-order chi connectivity index (χ1) is 13.1. The first-order valence-corrected chi connectivity index (χ1v) is 9.53. The molecule has 0 bridgehead atoms. The number of benzene rings is 3. The quantitative estimate of drug-likeness (QED) is 0.251. The largest absolute Gasteiger partial charge is 0.490 e. The lowest BCUT2D eigenvalue weighted by Gasteiger charge is -2.15. The summed E-state index contributed by atoms with van der Waals surface area (Å²) in [5, 5.41) is 12.9. The summed E-state index contributed by atoms with van der Waals surface area (Å²) in [6.45, 7) is 2.77. The second kappa shape index (κ2) is 8.85. The molecule has 0 aliphatic carbocycles. The van der Waals surface area contributed by atoms with E-state index in [1.54, 1.807) is 6.07 Å². The minimum absolute atomic E-state index is 0.408. The van der Waals surface area contributed by atoms with E-state index < -0.39 is 4.92 Å². The van der Waals surface area contributed by atoms with Crippen molar-refractivity contribution in [1.82, 2.24) is 0 Å². The number of ether oxygens (including phenoxy) is 2. The molecule has 0 radical (unpaired) electrons. The Labute approximate surface area is 170 Å². The Bertz CT molecular complexity index is 1000. The first-order valence-electron chi connectivity index (χ1n) is 8.45. The average Bonchev–Trinajstić information content (AvgIpc) is 2.66. The smallest absolute Gasteiger partial charge is 0.235 e. The molecule has 138 valence electrons. The lowest BCUT2D eigenvalue weighted by atomic mass is 10.1. The average molecular weight is 475 g/mol. The van der Waals surface area contributed by atoms with Gasteiger partial charge < -0.3 is 9.47 Å². The van der Waals surface area contributed by atoms with Crippen molar-refractivity contribution in [1.29, 1.82) is 0 Å². The lowest BCUT2D eigenvalue weighted by Crippen LogP contribution is -2.02. The van der Waals surface area contributed by atoms with Crippen LogP contribution in [0.4, 0.5) is 0 Å². The number of hydrogen-bond donors (Lipinski definition) is 0. The maximum absolute atomic E-state index is 10.5. The molecule has 0 atom stereocenters. The SMILES string of the molecule is CCOc1cc(/C=C\[N+](=O)[O-])cc(I)c1OCc1ccc2ccccc2c1. The molecule has 0 saturated carbocycles. The van der Waals surface area contributed by atoms with E-state index >= 15 is 0 Å². The van der Waals surface area contributed by atoms with Gasteiger partial charge in [0.05, 0.1) is 15.1 Å². The van der Waals surface area contributed by atoms with Gasteiger partial charge in [0.15, 0.2) is 11.5 Å². The van der Waals surface area contributed by atoms with Gasteiger partial charge in [0, 0.05) is 6.08 Å². The van der Waals surface area contributed by atoms with E-state index in [9.17, 15) is 10.1 Å². The van der Waals surface area contributed by atoms with Gasteiger partial charge in [0.2, 0.25) is 6.20 Å². The van der Waals surface area contributed by atoms with Gasteiger partial charge in [0.25, 0.3) is 0 Å². The van der Waals surface area contributed by atoms with Gasteiger partial charge in [-0.1, -0.05) is 36.4 Å². The summed E-state index contributed by atoms with van der Waals surface area (Å²) < 4.78 is 12.6. The third-order valence-corrected chi connectivity index (χ3v) is 4.72. The fourth-order valence-corrected chi connectivity index (χ4v) is 3.50. The standard InChI is InChI=1S/C21H18INO4/c1-2-26-20-13-15(9-10-23(24)25)12-19(22)21(20)27-14-16-7-8-17-5-3-4-6-18(17)11-16/h3-13H,2,14H2,1H3/b10-9-. The Morgan fingerprint density at radius 3 is 2.59 bits per heavy atom. The summed E-state index contributed by atoms with van der Waals surface area (Å²) >= 11 is 2.16. The minimum atomic E-state index is -0.489. The molecule has 0 aliphatic heterocycles. The number of fused-ring (bicyclic) bond motifs is 1. The molecule has 0 amide bonds. The monoisotopic (exact) mass is 475 g/mol. The van der Waals surface area contributed by atoms with Crippen molar-refractivity contribution in [2.75, 3.05) is 6.61 Å². The van der Waals surface area contributed by atoms with E-state index in [1.807, 2.05) is 31.2 Å². The van der Waals surface area contributed by atoms with Crippen LogP contribution in [0.2, 0.25) is 0 Å².